The molecule has 0 fully saturated rings. The fraction of sp³-hybridized carbons (Fsp3) is 0.122. The second-order valence-corrected chi connectivity index (χ2v) is 14.2. The fourth-order valence-corrected chi connectivity index (χ4v) is 9.44. The van der Waals surface area contributed by atoms with Crippen LogP contribution in [-0.4, -0.2) is 36.6 Å². The first kappa shape index (κ1) is 28.6. The van der Waals surface area contributed by atoms with Crippen molar-refractivity contribution in [2.24, 2.45) is 0 Å². The Bertz CT molecular complexity index is 2410. The standard InChI is InChI=1S/C41H30O4S2/c42-14-16-44-32-8-3-26-19-30(6-1-28(26)21-32)41(31-7-2-29-22-33(45-17-15-43)9-4-27(29)20-31)24-38-36-23-37-35(34(36)11-12-39(38)47-41)10-5-25-13-18-46-40(25)37/h1-13,18-24,42-43H,14-17H2. The zero-order chi connectivity index (χ0) is 31.5. The molecule has 2 aliphatic rings. The van der Waals surface area contributed by atoms with Crippen molar-refractivity contribution in [3.05, 3.63) is 136 Å². The summed E-state index contributed by atoms with van der Waals surface area (Å²) in [5.41, 5.74) is 6.35. The third-order valence-electron chi connectivity index (χ3n) is 9.31. The summed E-state index contributed by atoms with van der Waals surface area (Å²) in [5.74, 6) is 1.51. The molecule has 1 aliphatic heterocycles. The zero-order valence-corrected chi connectivity index (χ0v) is 27.0. The first-order valence-corrected chi connectivity index (χ1v) is 17.5. The van der Waals surface area contributed by atoms with E-state index in [1.165, 1.54) is 53.2 Å². The summed E-state index contributed by atoms with van der Waals surface area (Å²) < 4.78 is 12.3. The van der Waals surface area contributed by atoms with E-state index < -0.39 is 4.75 Å². The van der Waals surface area contributed by atoms with Gasteiger partial charge in [-0.25, -0.2) is 0 Å². The Balaban J connectivity index is 1.24. The predicted octanol–water partition coefficient (Wildman–Crippen LogP) is 7.59. The minimum absolute atomic E-state index is 0.0136. The summed E-state index contributed by atoms with van der Waals surface area (Å²) in [6.45, 7) is 0.522. The van der Waals surface area contributed by atoms with E-state index in [0.717, 1.165) is 33.0 Å². The molecule has 1 aliphatic carbocycles. The van der Waals surface area contributed by atoms with Gasteiger partial charge in [-0.3, -0.25) is 0 Å². The smallest absolute Gasteiger partial charge is 0.120 e. The molecule has 2 N–H and O–H groups in total. The molecule has 0 spiro atoms. The Morgan fingerprint density at radius 1 is 0.574 bits per heavy atom. The SMILES string of the molecule is OCCOc1ccc2cc(C3(c4ccc5cc(OCCO)ccc5c4)C=c4c(ccc5c4=Cc4c-5ccc5ccsc45)S3)ccc2c1. The average molecular weight is 651 g/mol. The first-order chi connectivity index (χ1) is 23.1. The summed E-state index contributed by atoms with van der Waals surface area (Å²) in [7, 11) is 0. The molecule has 2 heterocycles. The van der Waals surface area contributed by atoms with Gasteiger partial charge in [-0.05, 0) is 120 Å². The van der Waals surface area contributed by atoms with Gasteiger partial charge in [0.05, 0.1) is 18.0 Å². The summed E-state index contributed by atoms with van der Waals surface area (Å²) in [6.07, 6.45) is 4.89. The monoisotopic (exact) mass is 650 g/mol. The van der Waals surface area contributed by atoms with Gasteiger partial charge in [0.15, 0.2) is 0 Å². The van der Waals surface area contributed by atoms with Crippen LogP contribution >= 0.6 is 23.1 Å². The topological polar surface area (TPSA) is 58.9 Å². The molecule has 1 aromatic heterocycles. The Labute approximate surface area is 279 Å². The van der Waals surface area contributed by atoms with E-state index in [1.807, 2.05) is 47.4 Å². The van der Waals surface area contributed by atoms with Crippen LogP contribution in [0.2, 0.25) is 0 Å². The van der Waals surface area contributed by atoms with Crippen molar-refractivity contribution in [2.75, 3.05) is 26.4 Å². The number of ether oxygens (including phenoxy) is 2. The van der Waals surface area contributed by atoms with Gasteiger partial charge in [-0.15, -0.1) is 23.1 Å². The Kier molecular flexibility index (Phi) is 6.87. The Hall–Kier alpha value is -4.59. The molecule has 0 saturated carbocycles. The molecule has 6 heteroatoms. The molecule has 47 heavy (non-hydrogen) atoms. The van der Waals surface area contributed by atoms with Crippen LogP contribution in [0.5, 0.6) is 11.5 Å². The molecular weight excluding hydrogens is 621 g/mol. The number of aliphatic hydroxyl groups excluding tert-OH is 2. The van der Waals surface area contributed by atoms with E-state index in [9.17, 15) is 10.2 Å². The van der Waals surface area contributed by atoms with Gasteiger partial charge in [-0.1, -0.05) is 60.7 Å². The Morgan fingerprint density at radius 2 is 1.17 bits per heavy atom. The van der Waals surface area contributed by atoms with Gasteiger partial charge >= 0.3 is 0 Å². The summed E-state index contributed by atoms with van der Waals surface area (Å²) in [4.78, 5) is 1.27. The van der Waals surface area contributed by atoms with Crippen molar-refractivity contribution in [3.63, 3.8) is 0 Å². The maximum atomic E-state index is 9.22. The molecule has 0 unspecified atom stereocenters. The zero-order valence-electron chi connectivity index (χ0n) is 25.4. The highest BCUT2D eigenvalue weighted by Crippen LogP contribution is 2.52. The fourth-order valence-electron chi connectivity index (χ4n) is 7.10. The minimum atomic E-state index is -0.460. The van der Waals surface area contributed by atoms with Gasteiger partial charge in [0.2, 0.25) is 0 Å². The van der Waals surface area contributed by atoms with Crippen LogP contribution in [0, 0.1) is 0 Å². The molecule has 0 radical (unpaired) electrons. The number of fused-ring (bicyclic) bond motifs is 9. The van der Waals surface area contributed by atoms with Gasteiger partial charge in [0.25, 0.3) is 0 Å². The largest absolute Gasteiger partial charge is 0.491 e. The van der Waals surface area contributed by atoms with E-state index in [1.54, 1.807) is 0 Å². The first-order valence-electron chi connectivity index (χ1n) is 15.8. The summed E-state index contributed by atoms with van der Waals surface area (Å²) in [5, 5.41) is 29.0. The van der Waals surface area contributed by atoms with Crippen molar-refractivity contribution in [3.8, 4) is 22.6 Å². The van der Waals surface area contributed by atoms with Gasteiger partial charge in [-0.2, -0.15) is 0 Å². The maximum absolute atomic E-state index is 9.22. The highest BCUT2D eigenvalue weighted by Gasteiger charge is 2.38. The average Bonchev–Trinajstić information content (AvgIpc) is 3.85. The normalized spacial score (nSPS) is 14.1. The number of aliphatic hydroxyl groups is 2. The molecule has 0 atom stereocenters. The van der Waals surface area contributed by atoms with Crippen LogP contribution in [0.4, 0.5) is 0 Å². The Morgan fingerprint density at radius 3 is 1.83 bits per heavy atom. The number of thiophene rings is 1. The molecule has 0 amide bonds. The second-order valence-electron chi connectivity index (χ2n) is 12.0. The number of hydrogen-bond acceptors (Lipinski definition) is 6. The van der Waals surface area contributed by atoms with Crippen molar-refractivity contribution in [1.82, 2.24) is 0 Å². The quantitative estimate of drug-likeness (QED) is 0.178. The van der Waals surface area contributed by atoms with Crippen LogP contribution in [0.1, 0.15) is 16.7 Å². The maximum Gasteiger partial charge on any atom is 0.120 e. The number of rotatable bonds is 8. The van der Waals surface area contributed by atoms with Crippen LogP contribution in [0.15, 0.2) is 113 Å². The lowest BCUT2D eigenvalue weighted by Crippen LogP contribution is -2.26. The van der Waals surface area contributed by atoms with E-state index >= 15 is 0 Å². The van der Waals surface area contributed by atoms with Crippen LogP contribution in [0.3, 0.4) is 0 Å². The minimum Gasteiger partial charge on any atom is -0.491 e. The molecule has 7 aromatic rings. The van der Waals surface area contributed by atoms with Gasteiger partial charge < -0.3 is 19.7 Å². The molecule has 0 bridgehead atoms. The van der Waals surface area contributed by atoms with Gasteiger partial charge in [0.1, 0.15) is 24.7 Å². The number of thioether (sulfide) groups is 1. The summed E-state index contributed by atoms with van der Waals surface area (Å²) >= 11 is 3.72. The molecule has 230 valence electrons. The van der Waals surface area contributed by atoms with Crippen molar-refractivity contribution in [1.29, 1.82) is 0 Å². The van der Waals surface area contributed by atoms with Crippen LogP contribution in [-0.2, 0) is 4.75 Å². The summed E-state index contributed by atoms with van der Waals surface area (Å²) in [6, 6.07) is 37.1. The lowest BCUT2D eigenvalue weighted by atomic mass is 9.86. The highest BCUT2D eigenvalue weighted by atomic mass is 32.2. The number of hydrogen-bond donors (Lipinski definition) is 2. The van der Waals surface area contributed by atoms with Crippen molar-refractivity contribution >= 4 is 66.9 Å². The van der Waals surface area contributed by atoms with Crippen molar-refractivity contribution < 1.29 is 19.7 Å². The molecule has 6 aromatic carbocycles. The highest BCUT2D eigenvalue weighted by molar-refractivity contribution is 8.01. The van der Waals surface area contributed by atoms with E-state index in [0.29, 0.717) is 0 Å². The second kappa shape index (κ2) is 11.3. The van der Waals surface area contributed by atoms with E-state index in [2.05, 4.69) is 96.4 Å². The lowest BCUT2D eigenvalue weighted by Gasteiger charge is -2.29. The van der Waals surface area contributed by atoms with E-state index in [4.69, 9.17) is 9.47 Å². The third kappa shape index (κ3) is 4.67. The van der Waals surface area contributed by atoms with Gasteiger partial charge in [0, 0.05) is 15.2 Å². The molecule has 9 rings (SSSR count). The van der Waals surface area contributed by atoms with Crippen molar-refractivity contribution in [2.45, 2.75) is 9.64 Å². The molecule has 0 saturated heterocycles. The predicted molar refractivity (Wildman–Crippen MR) is 194 cm³/mol. The molecule has 4 nitrogen and oxygen atoms in total. The van der Waals surface area contributed by atoms with Crippen LogP contribution in [0.25, 0.3) is 54.9 Å². The molecular formula is C41H30O4S2. The van der Waals surface area contributed by atoms with E-state index in [-0.39, 0.29) is 26.4 Å². The van der Waals surface area contributed by atoms with Crippen LogP contribution < -0.4 is 19.9 Å². The third-order valence-corrected chi connectivity index (χ3v) is 11.8. The number of benzene rings is 6. The lowest BCUT2D eigenvalue weighted by molar-refractivity contribution is 0.201.